The van der Waals surface area contributed by atoms with E-state index in [0.29, 0.717) is 53.5 Å². The Hall–Kier alpha value is -2.83. The van der Waals surface area contributed by atoms with Gasteiger partial charge in [-0.25, -0.2) is 18.7 Å². The van der Waals surface area contributed by atoms with Crippen molar-refractivity contribution in [2.24, 2.45) is 0 Å². The number of nitrogens with zero attached hydrogens (tertiary/aromatic N) is 4. The lowest BCUT2D eigenvalue weighted by molar-refractivity contribution is 0.0450. The second-order valence-electron chi connectivity index (χ2n) is 7.05. The summed E-state index contributed by atoms with van der Waals surface area (Å²) < 4.78 is 27.6. The number of hydrogen-bond acceptors (Lipinski definition) is 6. The molecule has 160 valence electrons. The van der Waals surface area contributed by atoms with Gasteiger partial charge in [-0.05, 0) is 24.3 Å². The van der Waals surface area contributed by atoms with Gasteiger partial charge in [0.2, 0.25) is 0 Å². The Labute approximate surface area is 182 Å². The molecule has 1 atom stereocenters. The van der Waals surface area contributed by atoms with Gasteiger partial charge in [0.1, 0.15) is 30.4 Å². The third-order valence-electron chi connectivity index (χ3n) is 5.19. The molecule has 0 bridgehead atoms. The van der Waals surface area contributed by atoms with Crippen LogP contribution in [-0.4, -0.2) is 64.1 Å². The molecule has 0 saturated carbocycles. The van der Waals surface area contributed by atoms with Gasteiger partial charge in [0.05, 0.1) is 5.52 Å². The predicted octanol–water partition coefficient (Wildman–Crippen LogP) is 2.66. The van der Waals surface area contributed by atoms with E-state index in [1.54, 1.807) is 12.1 Å². The SMILES string of the molecule is OCC#CC(O)N1CCN(c2ncnc3cc(-c4ccc(F)cc4F)c(Cl)cc23)CC1. The lowest BCUT2D eigenvalue weighted by atomic mass is 10.0. The van der Waals surface area contributed by atoms with Gasteiger partial charge in [-0.2, -0.15) is 0 Å². The standard InChI is InChI=1S/C22H19ClF2N4O2/c23-18-11-17-20(12-16(18)15-4-3-14(24)10-19(15)25)26-13-27-22(17)29-7-5-28(6-8-29)21(31)2-1-9-30/h3-4,10-13,21,30-31H,5-9H2. The van der Waals surface area contributed by atoms with E-state index in [4.69, 9.17) is 16.7 Å². The van der Waals surface area contributed by atoms with E-state index in [0.717, 1.165) is 6.07 Å². The molecule has 1 aliphatic rings. The van der Waals surface area contributed by atoms with Gasteiger partial charge in [0.25, 0.3) is 0 Å². The first-order chi connectivity index (χ1) is 15.0. The lowest BCUT2D eigenvalue weighted by Crippen LogP contribution is -2.50. The maximum absolute atomic E-state index is 14.3. The van der Waals surface area contributed by atoms with Crippen molar-refractivity contribution in [2.75, 3.05) is 37.7 Å². The Morgan fingerprint density at radius 1 is 1.06 bits per heavy atom. The molecule has 0 aliphatic carbocycles. The van der Waals surface area contributed by atoms with Crippen molar-refractivity contribution in [1.82, 2.24) is 14.9 Å². The number of aromatic nitrogens is 2. The Bertz CT molecular complexity index is 1170. The van der Waals surface area contributed by atoms with Crippen LogP contribution in [0.25, 0.3) is 22.0 Å². The third-order valence-corrected chi connectivity index (χ3v) is 5.51. The fourth-order valence-electron chi connectivity index (χ4n) is 3.64. The fraction of sp³-hybridized carbons (Fsp3) is 0.273. The molecule has 1 aliphatic heterocycles. The van der Waals surface area contributed by atoms with Crippen LogP contribution in [-0.2, 0) is 0 Å². The highest BCUT2D eigenvalue weighted by Gasteiger charge is 2.24. The number of aliphatic hydroxyl groups excluding tert-OH is 2. The third kappa shape index (κ3) is 4.45. The number of hydrogen-bond donors (Lipinski definition) is 2. The highest BCUT2D eigenvalue weighted by atomic mass is 35.5. The topological polar surface area (TPSA) is 72.7 Å². The van der Waals surface area contributed by atoms with E-state index in [1.165, 1.54) is 18.5 Å². The minimum atomic E-state index is -0.931. The van der Waals surface area contributed by atoms with Crippen LogP contribution in [0.15, 0.2) is 36.7 Å². The average molecular weight is 445 g/mol. The number of piperazine rings is 1. The van der Waals surface area contributed by atoms with E-state index in [-0.39, 0.29) is 12.2 Å². The van der Waals surface area contributed by atoms with Gasteiger partial charge in [0.15, 0.2) is 6.23 Å². The largest absolute Gasteiger partial charge is 0.384 e. The summed E-state index contributed by atoms with van der Waals surface area (Å²) in [6.45, 7) is 2.00. The monoisotopic (exact) mass is 444 g/mol. The predicted molar refractivity (Wildman–Crippen MR) is 115 cm³/mol. The molecular weight excluding hydrogens is 426 g/mol. The van der Waals surface area contributed by atoms with Crippen LogP contribution in [0.3, 0.4) is 0 Å². The van der Waals surface area contributed by atoms with Gasteiger partial charge in [-0.1, -0.05) is 23.4 Å². The van der Waals surface area contributed by atoms with Gasteiger partial charge in [-0.3, -0.25) is 4.90 Å². The summed E-state index contributed by atoms with van der Waals surface area (Å²) >= 11 is 6.46. The molecule has 9 heteroatoms. The lowest BCUT2D eigenvalue weighted by Gasteiger charge is -2.36. The van der Waals surface area contributed by atoms with Crippen molar-refractivity contribution in [3.05, 3.63) is 53.3 Å². The summed E-state index contributed by atoms with van der Waals surface area (Å²) in [5, 5.41) is 19.9. The summed E-state index contributed by atoms with van der Waals surface area (Å²) in [5.41, 5.74) is 1.20. The van der Waals surface area contributed by atoms with Crippen molar-refractivity contribution < 1.29 is 19.0 Å². The van der Waals surface area contributed by atoms with Crippen LogP contribution in [0.4, 0.5) is 14.6 Å². The molecular formula is C22H19ClF2N4O2. The van der Waals surface area contributed by atoms with Crippen LogP contribution in [0.5, 0.6) is 0 Å². The van der Waals surface area contributed by atoms with Crippen LogP contribution in [0.2, 0.25) is 5.02 Å². The molecule has 4 rings (SSSR count). The number of fused-ring (bicyclic) bond motifs is 1. The second-order valence-corrected chi connectivity index (χ2v) is 7.45. The second kappa shape index (κ2) is 9.12. The van der Waals surface area contributed by atoms with Gasteiger partial charge >= 0.3 is 0 Å². The summed E-state index contributed by atoms with van der Waals surface area (Å²) in [5.74, 6) is 4.38. The zero-order valence-electron chi connectivity index (χ0n) is 16.4. The van der Waals surface area contributed by atoms with Crippen LogP contribution >= 0.6 is 11.6 Å². The number of aliphatic hydroxyl groups is 2. The number of anilines is 1. The Kier molecular flexibility index (Phi) is 6.30. The van der Waals surface area contributed by atoms with E-state index >= 15 is 0 Å². The number of halogens is 3. The molecule has 1 saturated heterocycles. The first kappa shape index (κ1) is 21.4. The molecule has 0 spiro atoms. The highest BCUT2D eigenvalue weighted by molar-refractivity contribution is 6.34. The minimum absolute atomic E-state index is 0.194. The van der Waals surface area contributed by atoms with Crippen LogP contribution in [0.1, 0.15) is 0 Å². The molecule has 2 heterocycles. The molecule has 2 aromatic carbocycles. The van der Waals surface area contributed by atoms with Crippen molar-refractivity contribution >= 4 is 28.3 Å². The van der Waals surface area contributed by atoms with Crippen molar-refractivity contribution in [3.8, 4) is 23.0 Å². The molecule has 6 nitrogen and oxygen atoms in total. The first-order valence-electron chi connectivity index (χ1n) is 9.64. The number of benzene rings is 2. The summed E-state index contributed by atoms with van der Waals surface area (Å²) in [7, 11) is 0. The maximum atomic E-state index is 14.3. The van der Waals surface area contributed by atoms with Crippen LogP contribution in [0, 0.1) is 23.5 Å². The zero-order valence-corrected chi connectivity index (χ0v) is 17.2. The quantitative estimate of drug-likeness (QED) is 0.605. The van der Waals surface area contributed by atoms with Crippen molar-refractivity contribution in [3.63, 3.8) is 0 Å². The Morgan fingerprint density at radius 2 is 1.84 bits per heavy atom. The fourth-order valence-corrected chi connectivity index (χ4v) is 3.90. The van der Waals surface area contributed by atoms with Crippen LogP contribution < -0.4 is 4.90 Å². The Balaban J connectivity index is 1.63. The molecule has 3 aromatic rings. The summed E-state index contributed by atoms with van der Waals surface area (Å²) in [4.78, 5) is 12.6. The maximum Gasteiger partial charge on any atom is 0.171 e. The first-order valence-corrected chi connectivity index (χ1v) is 10.0. The Morgan fingerprint density at radius 3 is 2.55 bits per heavy atom. The molecule has 1 aromatic heterocycles. The molecule has 1 fully saturated rings. The highest BCUT2D eigenvalue weighted by Crippen LogP contribution is 2.36. The summed E-state index contributed by atoms with van der Waals surface area (Å²) in [6.07, 6.45) is 0.503. The zero-order chi connectivity index (χ0) is 22.0. The van der Waals surface area contributed by atoms with Gasteiger partial charge in [0, 0.05) is 53.8 Å². The van der Waals surface area contributed by atoms with Crippen molar-refractivity contribution in [1.29, 1.82) is 0 Å². The smallest absolute Gasteiger partial charge is 0.171 e. The minimum Gasteiger partial charge on any atom is -0.384 e. The van der Waals surface area contributed by atoms with Crippen molar-refractivity contribution in [2.45, 2.75) is 6.23 Å². The van der Waals surface area contributed by atoms with Gasteiger partial charge in [-0.15, -0.1) is 0 Å². The normalized spacial score (nSPS) is 15.6. The summed E-state index contributed by atoms with van der Waals surface area (Å²) in [6, 6.07) is 6.72. The molecule has 31 heavy (non-hydrogen) atoms. The van der Waals surface area contributed by atoms with Gasteiger partial charge < -0.3 is 15.1 Å². The number of rotatable bonds is 3. The van der Waals surface area contributed by atoms with E-state index in [9.17, 15) is 13.9 Å². The van der Waals surface area contributed by atoms with E-state index in [2.05, 4.69) is 26.7 Å². The van der Waals surface area contributed by atoms with E-state index < -0.39 is 17.9 Å². The molecule has 2 N–H and O–H groups in total. The molecule has 0 amide bonds. The molecule has 1 unspecified atom stereocenters. The average Bonchev–Trinajstić information content (AvgIpc) is 2.77. The van der Waals surface area contributed by atoms with E-state index in [1.807, 2.05) is 4.90 Å². The molecule has 0 radical (unpaired) electrons.